The molecule has 0 saturated carbocycles. The lowest BCUT2D eigenvalue weighted by Gasteiger charge is -2.43. The van der Waals surface area contributed by atoms with Gasteiger partial charge in [-0.3, -0.25) is 14.6 Å². The van der Waals surface area contributed by atoms with E-state index in [2.05, 4.69) is 9.80 Å². The Bertz CT molecular complexity index is 708. The molecule has 0 aliphatic carbocycles. The van der Waals surface area contributed by atoms with Gasteiger partial charge >= 0.3 is 0 Å². The van der Waals surface area contributed by atoms with E-state index in [0.717, 1.165) is 39.4 Å². The number of aliphatic hydroxyl groups is 1. The molecule has 1 atom stereocenters. The average Bonchev–Trinajstić information content (AvgIpc) is 2.82. The molecule has 8 heteroatoms. The minimum atomic E-state index is -0.308. The minimum absolute atomic E-state index is 0.0192. The first-order chi connectivity index (χ1) is 14.9. The van der Waals surface area contributed by atoms with Crippen molar-refractivity contribution < 1.29 is 24.1 Å². The summed E-state index contributed by atoms with van der Waals surface area (Å²) >= 11 is 0. The van der Waals surface area contributed by atoms with Crippen LogP contribution in [0.3, 0.4) is 0 Å². The Morgan fingerprint density at radius 1 is 1.26 bits per heavy atom. The van der Waals surface area contributed by atoms with Crippen molar-refractivity contribution in [1.29, 1.82) is 0 Å². The number of hydrogen-bond acceptors (Lipinski definition) is 7. The van der Waals surface area contributed by atoms with E-state index < -0.39 is 0 Å². The van der Waals surface area contributed by atoms with Gasteiger partial charge in [0.15, 0.2) is 0 Å². The molecule has 2 fully saturated rings. The summed E-state index contributed by atoms with van der Waals surface area (Å²) in [6.07, 6.45) is -0.0983. The molecule has 0 spiro atoms. The third-order valence-electron chi connectivity index (χ3n) is 6.20. The molecular formula is C23H37N3O5. The lowest BCUT2D eigenvalue weighted by atomic mass is 10.0. The van der Waals surface area contributed by atoms with Crippen molar-refractivity contribution >= 4 is 5.91 Å². The van der Waals surface area contributed by atoms with Crippen LogP contribution >= 0.6 is 0 Å². The topological polar surface area (TPSA) is 74.7 Å². The number of amides is 1. The van der Waals surface area contributed by atoms with Gasteiger partial charge in [0.2, 0.25) is 0 Å². The maximum Gasteiger partial charge on any atom is 0.254 e. The molecule has 31 heavy (non-hydrogen) atoms. The quantitative estimate of drug-likeness (QED) is 0.619. The fourth-order valence-electron chi connectivity index (χ4n) is 4.03. The van der Waals surface area contributed by atoms with Crippen LogP contribution in [0.2, 0.25) is 0 Å². The second-order valence-electron chi connectivity index (χ2n) is 8.85. The summed E-state index contributed by atoms with van der Waals surface area (Å²) in [6.45, 7) is 11.4. The molecule has 2 aliphatic heterocycles. The highest BCUT2D eigenvalue weighted by molar-refractivity contribution is 5.94. The number of carbonyl (C=O) groups excluding carboxylic acids is 1. The lowest BCUT2D eigenvalue weighted by Crippen LogP contribution is -2.57. The predicted molar refractivity (Wildman–Crippen MR) is 119 cm³/mol. The van der Waals surface area contributed by atoms with E-state index in [1.165, 1.54) is 0 Å². The number of rotatable bonds is 9. The lowest BCUT2D eigenvalue weighted by molar-refractivity contribution is -0.0802. The molecule has 1 unspecified atom stereocenters. The van der Waals surface area contributed by atoms with Crippen molar-refractivity contribution in [3.05, 3.63) is 29.8 Å². The van der Waals surface area contributed by atoms with Crippen LogP contribution in [0.15, 0.2) is 24.3 Å². The van der Waals surface area contributed by atoms with Gasteiger partial charge in [-0.05, 0) is 32.0 Å². The number of carbonyl (C=O) groups is 1. The van der Waals surface area contributed by atoms with Crippen LogP contribution in [0.4, 0.5) is 0 Å². The Labute approximate surface area is 185 Å². The Hall–Kier alpha value is -1.71. The fraction of sp³-hybridized carbons (Fsp3) is 0.696. The maximum atomic E-state index is 13.4. The van der Waals surface area contributed by atoms with Gasteiger partial charge in [0.25, 0.3) is 5.91 Å². The zero-order chi connectivity index (χ0) is 22.3. The van der Waals surface area contributed by atoms with Crippen molar-refractivity contribution in [2.24, 2.45) is 0 Å². The number of morpholine rings is 2. The molecule has 3 rings (SSSR count). The Morgan fingerprint density at radius 3 is 2.74 bits per heavy atom. The van der Waals surface area contributed by atoms with Crippen LogP contribution in [0.1, 0.15) is 24.2 Å². The number of benzene rings is 1. The van der Waals surface area contributed by atoms with Gasteiger partial charge in [-0.1, -0.05) is 6.07 Å². The van der Waals surface area contributed by atoms with E-state index in [1.54, 1.807) is 13.2 Å². The number of hydrogen-bond donors (Lipinski definition) is 1. The van der Waals surface area contributed by atoms with E-state index in [-0.39, 0.29) is 24.2 Å². The molecule has 1 aromatic rings. The monoisotopic (exact) mass is 435 g/mol. The normalized spacial score (nSPS) is 21.1. The SMILES string of the molecule is COc1cccc(C(=O)N(CCN2CCOCC2)CC2CN(C(C)(C)CO)CCO2)c1. The van der Waals surface area contributed by atoms with E-state index in [9.17, 15) is 9.90 Å². The molecular weight excluding hydrogens is 398 g/mol. The molecule has 1 amide bonds. The van der Waals surface area contributed by atoms with Gasteiger partial charge in [0.05, 0.1) is 39.6 Å². The van der Waals surface area contributed by atoms with E-state index in [1.807, 2.05) is 36.9 Å². The van der Waals surface area contributed by atoms with Crippen LogP contribution in [0.5, 0.6) is 5.75 Å². The Balaban J connectivity index is 1.70. The molecule has 2 heterocycles. The van der Waals surface area contributed by atoms with Gasteiger partial charge in [0, 0.05) is 56.9 Å². The molecule has 8 nitrogen and oxygen atoms in total. The second-order valence-corrected chi connectivity index (χ2v) is 8.85. The largest absolute Gasteiger partial charge is 0.497 e. The summed E-state index contributed by atoms with van der Waals surface area (Å²) in [4.78, 5) is 19.9. The third kappa shape index (κ3) is 6.63. The fourth-order valence-corrected chi connectivity index (χ4v) is 4.03. The number of aliphatic hydroxyl groups excluding tert-OH is 1. The molecule has 174 valence electrons. The number of ether oxygens (including phenoxy) is 3. The molecule has 1 aromatic carbocycles. The van der Waals surface area contributed by atoms with E-state index in [0.29, 0.717) is 37.6 Å². The van der Waals surface area contributed by atoms with Gasteiger partial charge in [0.1, 0.15) is 5.75 Å². The number of nitrogens with zero attached hydrogens (tertiary/aromatic N) is 3. The first kappa shape index (κ1) is 23.9. The van der Waals surface area contributed by atoms with Crippen molar-refractivity contribution in [3.8, 4) is 5.75 Å². The molecule has 0 bridgehead atoms. The van der Waals surface area contributed by atoms with Crippen LogP contribution in [-0.4, -0.2) is 117 Å². The zero-order valence-electron chi connectivity index (χ0n) is 19.1. The highest BCUT2D eigenvalue weighted by Crippen LogP contribution is 2.20. The summed E-state index contributed by atoms with van der Waals surface area (Å²) in [5.74, 6) is 0.651. The third-order valence-corrected chi connectivity index (χ3v) is 6.20. The predicted octanol–water partition coefficient (Wildman–Crippen LogP) is 0.941. The Morgan fingerprint density at radius 2 is 2.03 bits per heavy atom. The smallest absolute Gasteiger partial charge is 0.254 e. The molecule has 2 saturated heterocycles. The Kier molecular flexibility index (Phi) is 8.68. The summed E-state index contributed by atoms with van der Waals surface area (Å²) in [7, 11) is 1.60. The summed E-state index contributed by atoms with van der Waals surface area (Å²) in [5.41, 5.74) is 0.307. The van der Waals surface area contributed by atoms with Gasteiger partial charge < -0.3 is 24.2 Å². The summed E-state index contributed by atoms with van der Waals surface area (Å²) in [5, 5.41) is 9.75. The van der Waals surface area contributed by atoms with E-state index in [4.69, 9.17) is 14.2 Å². The highest BCUT2D eigenvalue weighted by Gasteiger charge is 2.33. The first-order valence-electron chi connectivity index (χ1n) is 11.1. The maximum absolute atomic E-state index is 13.4. The van der Waals surface area contributed by atoms with Crippen molar-refractivity contribution in [1.82, 2.24) is 14.7 Å². The molecule has 0 aromatic heterocycles. The summed E-state index contributed by atoms with van der Waals surface area (Å²) in [6, 6.07) is 7.30. The van der Waals surface area contributed by atoms with Gasteiger partial charge in [-0.2, -0.15) is 0 Å². The van der Waals surface area contributed by atoms with E-state index >= 15 is 0 Å². The minimum Gasteiger partial charge on any atom is -0.497 e. The molecule has 0 radical (unpaired) electrons. The average molecular weight is 436 g/mol. The van der Waals surface area contributed by atoms with Crippen molar-refractivity contribution in [2.75, 3.05) is 79.4 Å². The molecule has 2 aliphatic rings. The van der Waals surface area contributed by atoms with Gasteiger partial charge in [-0.15, -0.1) is 0 Å². The first-order valence-corrected chi connectivity index (χ1v) is 11.1. The van der Waals surface area contributed by atoms with Crippen molar-refractivity contribution in [3.63, 3.8) is 0 Å². The zero-order valence-corrected chi connectivity index (χ0v) is 19.1. The van der Waals surface area contributed by atoms with Crippen molar-refractivity contribution in [2.45, 2.75) is 25.5 Å². The van der Waals surface area contributed by atoms with Crippen LogP contribution in [-0.2, 0) is 9.47 Å². The van der Waals surface area contributed by atoms with Crippen LogP contribution in [0.25, 0.3) is 0 Å². The van der Waals surface area contributed by atoms with Gasteiger partial charge in [-0.25, -0.2) is 0 Å². The summed E-state index contributed by atoms with van der Waals surface area (Å²) < 4.78 is 16.8. The molecule has 1 N–H and O–H groups in total. The van der Waals surface area contributed by atoms with Crippen LogP contribution in [0, 0.1) is 0 Å². The number of methoxy groups -OCH3 is 1. The highest BCUT2D eigenvalue weighted by atomic mass is 16.5. The van der Waals surface area contributed by atoms with Crippen LogP contribution < -0.4 is 4.74 Å². The second kappa shape index (κ2) is 11.2. The standard InChI is InChI=1S/C23H37N3O5/c1-23(2,18-27)26-11-14-31-21(17-26)16-25(8-7-24-9-12-30-13-10-24)22(28)19-5-4-6-20(15-19)29-3/h4-6,15,21,27H,7-14,16-18H2,1-3H3.